The standard InChI is InChI=1S/C11H21NO3S/c1-9-10(3-6-15-9)11(14)12-4-8-16-7-2-5-13/h9-10,13H,2-8H2,1H3,(H,12,14). The normalized spacial score (nSPS) is 24.6. The Bertz CT molecular complexity index is 213. The van der Waals surface area contributed by atoms with Crippen molar-refractivity contribution in [2.24, 2.45) is 5.92 Å². The van der Waals surface area contributed by atoms with Gasteiger partial charge in [0.25, 0.3) is 0 Å². The summed E-state index contributed by atoms with van der Waals surface area (Å²) in [6.07, 6.45) is 1.72. The summed E-state index contributed by atoms with van der Waals surface area (Å²) in [5.41, 5.74) is 0. The van der Waals surface area contributed by atoms with Gasteiger partial charge in [-0.3, -0.25) is 4.79 Å². The zero-order valence-electron chi connectivity index (χ0n) is 9.78. The van der Waals surface area contributed by atoms with Gasteiger partial charge in [0.15, 0.2) is 0 Å². The summed E-state index contributed by atoms with van der Waals surface area (Å²) >= 11 is 1.76. The van der Waals surface area contributed by atoms with E-state index in [1.807, 2.05) is 6.92 Å². The Morgan fingerprint density at radius 2 is 2.38 bits per heavy atom. The minimum Gasteiger partial charge on any atom is -0.396 e. The second-order valence-electron chi connectivity index (χ2n) is 3.95. The van der Waals surface area contributed by atoms with Crippen LogP contribution in [0.4, 0.5) is 0 Å². The third-order valence-electron chi connectivity index (χ3n) is 2.71. The molecule has 0 bridgehead atoms. The highest BCUT2D eigenvalue weighted by atomic mass is 32.2. The van der Waals surface area contributed by atoms with Crippen molar-refractivity contribution in [2.75, 3.05) is 31.3 Å². The molecule has 2 atom stereocenters. The minimum absolute atomic E-state index is 0.0300. The summed E-state index contributed by atoms with van der Waals surface area (Å²) in [6, 6.07) is 0. The number of carbonyl (C=O) groups excluding carboxylic acids is 1. The van der Waals surface area contributed by atoms with E-state index in [2.05, 4.69) is 5.32 Å². The predicted molar refractivity (Wildman–Crippen MR) is 65.6 cm³/mol. The Kier molecular flexibility index (Phi) is 6.84. The molecule has 0 aliphatic carbocycles. The quantitative estimate of drug-likeness (QED) is 0.648. The number of nitrogens with one attached hydrogen (secondary N) is 1. The third kappa shape index (κ3) is 4.72. The van der Waals surface area contributed by atoms with Crippen LogP contribution < -0.4 is 5.32 Å². The fraction of sp³-hybridized carbons (Fsp3) is 0.909. The number of rotatable bonds is 7. The Labute approximate surface area is 101 Å². The Hall–Kier alpha value is -0.260. The maximum atomic E-state index is 11.7. The molecule has 0 spiro atoms. The highest BCUT2D eigenvalue weighted by molar-refractivity contribution is 7.99. The van der Waals surface area contributed by atoms with Crippen LogP contribution in [0.25, 0.3) is 0 Å². The van der Waals surface area contributed by atoms with Gasteiger partial charge < -0.3 is 15.2 Å². The molecule has 0 saturated carbocycles. The van der Waals surface area contributed by atoms with Gasteiger partial charge in [-0.1, -0.05) is 0 Å². The zero-order valence-corrected chi connectivity index (χ0v) is 10.6. The fourth-order valence-corrected chi connectivity index (χ4v) is 2.51. The smallest absolute Gasteiger partial charge is 0.225 e. The number of hydrogen-bond acceptors (Lipinski definition) is 4. The minimum atomic E-state index is 0.0300. The lowest BCUT2D eigenvalue weighted by Crippen LogP contribution is -2.35. The maximum absolute atomic E-state index is 11.7. The number of ether oxygens (including phenoxy) is 1. The van der Waals surface area contributed by atoms with Crippen molar-refractivity contribution in [3.63, 3.8) is 0 Å². The van der Waals surface area contributed by atoms with E-state index in [9.17, 15) is 4.79 Å². The first-order valence-electron chi connectivity index (χ1n) is 5.83. The predicted octanol–water partition coefficient (Wildman–Crippen LogP) is 0.643. The van der Waals surface area contributed by atoms with E-state index < -0.39 is 0 Å². The molecule has 1 heterocycles. The van der Waals surface area contributed by atoms with Crippen LogP contribution in [0.5, 0.6) is 0 Å². The number of thioether (sulfide) groups is 1. The molecule has 1 amide bonds. The molecule has 1 aliphatic heterocycles. The van der Waals surface area contributed by atoms with Crippen molar-refractivity contribution < 1.29 is 14.6 Å². The lowest BCUT2D eigenvalue weighted by molar-refractivity contribution is -0.126. The first kappa shape index (κ1) is 13.8. The van der Waals surface area contributed by atoms with Crippen molar-refractivity contribution >= 4 is 17.7 Å². The fourth-order valence-electron chi connectivity index (χ4n) is 1.72. The monoisotopic (exact) mass is 247 g/mol. The molecular formula is C11H21NO3S. The first-order chi connectivity index (χ1) is 7.75. The molecule has 0 aromatic carbocycles. The molecule has 2 N–H and O–H groups in total. The molecule has 0 aromatic rings. The average molecular weight is 247 g/mol. The van der Waals surface area contributed by atoms with Gasteiger partial charge in [0, 0.05) is 25.5 Å². The van der Waals surface area contributed by atoms with E-state index in [1.54, 1.807) is 11.8 Å². The summed E-state index contributed by atoms with van der Waals surface area (Å²) in [4.78, 5) is 11.7. The van der Waals surface area contributed by atoms with Crippen LogP contribution in [0.1, 0.15) is 19.8 Å². The second-order valence-corrected chi connectivity index (χ2v) is 5.18. The molecule has 0 radical (unpaired) electrons. The number of hydrogen-bond donors (Lipinski definition) is 2. The highest BCUT2D eigenvalue weighted by Crippen LogP contribution is 2.20. The van der Waals surface area contributed by atoms with Crippen LogP contribution >= 0.6 is 11.8 Å². The van der Waals surface area contributed by atoms with Gasteiger partial charge in [0.1, 0.15) is 0 Å². The largest absolute Gasteiger partial charge is 0.396 e. The number of aliphatic hydroxyl groups is 1. The van der Waals surface area contributed by atoms with Crippen molar-refractivity contribution in [1.82, 2.24) is 5.32 Å². The molecule has 1 aliphatic rings. The van der Waals surface area contributed by atoms with E-state index in [4.69, 9.17) is 9.84 Å². The van der Waals surface area contributed by atoms with E-state index in [-0.39, 0.29) is 24.5 Å². The van der Waals surface area contributed by atoms with Crippen molar-refractivity contribution in [3.8, 4) is 0 Å². The molecule has 1 rings (SSSR count). The Morgan fingerprint density at radius 3 is 3.00 bits per heavy atom. The van der Waals surface area contributed by atoms with Crippen molar-refractivity contribution in [2.45, 2.75) is 25.9 Å². The van der Waals surface area contributed by atoms with Crippen molar-refractivity contribution in [3.05, 3.63) is 0 Å². The highest BCUT2D eigenvalue weighted by Gasteiger charge is 2.30. The molecule has 16 heavy (non-hydrogen) atoms. The van der Waals surface area contributed by atoms with Crippen LogP contribution in [0.3, 0.4) is 0 Å². The molecule has 0 aromatic heterocycles. The third-order valence-corrected chi connectivity index (χ3v) is 3.78. The Morgan fingerprint density at radius 1 is 1.56 bits per heavy atom. The van der Waals surface area contributed by atoms with E-state index in [0.29, 0.717) is 13.2 Å². The van der Waals surface area contributed by atoms with Gasteiger partial charge >= 0.3 is 0 Å². The van der Waals surface area contributed by atoms with Crippen LogP contribution in [-0.4, -0.2) is 48.4 Å². The molecule has 94 valence electrons. The Balaban J connectivity index is 2.02. The summed E-state index contributed by atoms with van der Waals surface area (Å²) in [7, 11) is 0. The van der Waals surface area contributed by atoms with Gasteiger partial charge in [-0.25, -0.2) is 0 Å². The lowest BCUT2D eigenvalue weighted by atomic mass is 10.0. The summed E-state index contributed by atoms with van der Waals surface area (Å²) < 4.78 is 5.35. The summed E-state index contributed by atoms with van der Waals surface area (Å²) in [5, 5.41) is 11.5. The van der Waals surface area contributed by atoms with Crippen LogP contribution in [0.15, 0.2) is 0 Å². The molecule has 5 heteroatoms. The van der Waals surface area contributed by atoms with Gasteiger partial charge in [0.2, 0.25) is 5.91 Å². The topological polar surface area (TPSA) is 58.6 Å². The van der Waals surface area contributed by atoms with Gasteiger partial charge in [0.05, 0.1) is 12.0 Å². The van der Waals surface area contributed by atoms with E-state index in [0.717, 1.165) is 24.3 Å². The first-order valence-corrected chi connectivity index (χ1v) is 6.99. The zero-order chi connectivity index (χ0) is 11.8. The lowest BCUT2D eigenvalue weighted by Gasteiger charge is -2.13. The second kappa shape index (κ2) is 7.92. The van der Waals surface area contributed by atoms with Gasteiger partial charge in [-0.15, -0.1) is 0 Å². The number of carbonyl (C=O) groups is 1. The summed E-state index contributed by atoms with van der Waals surface area (Å²) in [6.45, 7) is 3.60. The molecule has 1 fully saturated rings. The number of aliphatic hydroxyl groups excluding tert-OH is 1. The van der Waals surface area contributed by atoms with E-state index >= 15 is 0 Å². The molecular weight excluding hydrogens is 226 g/mol. The maximum Gasteiger partial charge on any atom is 0.225 e. The molecule has 1 saturated heterocycles. The average Bonchev–Trinajstić information content (AvgIpc) is 2.69. The summed E-state index contributed by atoms with van der Waals surface area (Å²) in [5.74, 6) is 2.01. The van der Waals surface area contributed by atoms with E-state index in [1.165, 1.54) is 0 Å². The van der Waals surface area contributed by atoms with Gasteiger partial charge in [-0.05, 0) is 25.5 Å². The van der Waals surface area contributed by atoms with Crippen LogP contribution in [0, 0.1) is 5.92 Å². The SMILES string of the molecule is CC1OCCC1C(=O)NCCSCCCO. The van der Waals surface area contributed by atoms with Crippen LogP contribution in [0.2, 0.25) is 0 Å². The molecule has 4 nitrogen and oxygen atoms in total. The van der Waals surface area contributed by atoms with Crippen LogP contribution in [-0.2, 0) is 9.53 Å². The van der Waals surface area contributed by atoms with Crippen molar-refractivity contribution in [1.29, 1.82) is 0 Å². The molecule has 2 unspecified atom stereocenters. The number of amides is 1. The van der Waals surface area contributed by atoms with Gasteiger partial charge in [-0.2, -0.15) is 11.8 Å².